The number of hydrogen-bond donors (Lipinski definition) is 2. The minimum Gasteiger partial charge on any atom is -0.354 e. The summed E-state index contributed by atoms with van der Waals surface area (Å²) in [5.41, 5.74) is 1.93. The van der Waals surface area contributed by atoms with E-state index in [2.05, 4.69) is 29.1 Å². The second kappa shape index (κ2) is 7.56. The largest absolute Gasteiger partial charge is 0.354 e. The summed E-state index contributed by atoms with van der Waals surface area (Å²) in [7, 11) is 0. The Bertz CT molecular complexity index is 1170. The molecule has 0 saturated carbocycles. The van der Waals surface area contributed by atoms with Crippen molar-refractivity contribution in [2.75, 3.05) is 5.32 Å². The first kappa shape index (κ1) is 18.4. The van der Waals surface area contributed by atoms with Gasteiger partial charge in [0.1, 0.15) is 5.82 Å². The summed E-state index contributed by atoms with van der Waals surface area (Å²) < 4.78 is 14.1. The van der Waals surface area contributed by atoms with Gasteiger partial charge in [0.2, 0.25) is 0 Å². The summed E-state index contributed by atoms with van der Waals surface area (Å²) in [6.45, 7) is 4.12. The number of H-pyrrole nitrogens is 1. The van der Waals surface area contributed by atoms with Crippen LogP contribution in [0.1, 0.15) is 25.5 Å². The van der Waals surface area contributed by atoms with Gasteiger partial charge in [-0.2, -0.15) is 0 Å². The number of hydrogen-bond acceptors (Lipinski definition) is 4. The maximum Gasteiger partial charge on any atom is 0.253 e. The average molecular weight is 393 g/mol. The van der Waals surface area contributed by atoms with Gasteiger partial charge in [-0.05, 0) is 41.1 Å². The molecule has 0 bridgehead atoms. The Hall–Kier alpha value is -2.99. The van der Waals surface area contributed by atoms with Gasteiger partial charge >= 0.3 is 0 Å². The number of rotatable bonds is 5. The average Bonchev–Trinajstić information content (AvgIpc) is 3.20. The van der Waals surface area contributed by atoms with Crippen molar-refractivity contribution in [3.05, 3.63) is 81.8 Å². The van der Waals surface area contributed by atoms with Crippen molar-refractivity contribution in [1.29, 1.82) is 0 Å². The summed E-state index contributed by atoms with van der Waals surface area (Å²) in [6.07, 6.45) is 1.73. The van der Waals surface area contributed by atoms with E-state index in [4.69, 9.17) is 0 Å². The lowest BCUT2D eigenvalue weighted by Gasteiger charge is -2.22. The van der Waals surface area contributed by atoms with Crippen molar-refractivity contribution < 1.29 is 4.39 Å². The number of thiazole rings is 1. The van der Waals surface area contributed by atoms with Crippen LogP contribution in [0.15, 0.2) is 64.9 Å². The van der Waals surface area contributed by atoms with Gasteiger partial charge in [0, 0.05) is 28.2 Å². The van der Waals surface area contributed by atoms with E-state index in [0.29, 0.717) is 16.6 Å². The molecule has 1 atom stereocenters. The quantitative estimate of drug-likeness (QED) is 0.464. The van der Waals surface area contributed by atoms with E-state index in [1.807, 2.05) is 35.7 Å². The first-order valence-corrected chi connectivity index (χ1v) is 9.99. The molecular weight excluding hydrogens is 373 g/mol. The van der Waals surface area contributed by atoms with Gasteiger partial charge < -0.3 is 10.3 Å². The van der Waals surface area contributed by atoms with Crippen molar-refractivity contribution in [3.8, 4) is 11.3 Å². The third-order valence-corrected chi connectivity index (χ3v) is 5.50. The lowest BCUT2D eigenvalue weighted by molar-refractivity contribution is 0.541. The summed E-state index contributed by atoms with van der Waals surface area (Å²) in [5.74, 6) is -0.0727. The van der Waals surface area contributed by atoms with Crippen LogP contribution in [0.2, 0.25) is 0 Å². The summed E-state index contributed by atoms with van der Waals surface area (Å²) in [5, 5.41) is 7.39. The van der Waals surface area contributed by atoms with E-state index in [0.717, 1.165) is 16.1 Å². The Balaban J connectivity index is 1.71. The van der Waals surface area contributed by atoms with Crippen molar-refractivity contribution in [2.45, 2.75) is 19.9 Å². The van der Waals surface area contributed by atoms with Crippen LogP contribution < -0.4 is 10.9 Å². The molecular formula is C22H20FN3OS. The van der Waals surface area contributed by atoms with Crippen molar-refractivity contribution in [1.82, 2.24) is 9.97 Å². The van der Waals surface area contributed by atoms with Crippen LogP contribution in [0.4, 0.5) is 9.52 Å². The Labute approximate surface area is 166 Å². The molecule has 0 fully saturated rings. The molecule has 0 spiro atoms. The molecule has 4 rings (SSSR count). The Kier molecular flexibility index (Phi) is 4.96. The molecule has 0 aliphatic heterocycles. The van der Waals surface area contributed by atoms with E-state index in [1.54, 1.807) is 18.3 Å². The maximum absolute atomic E-state index is 14.1. The first-order valence-electron chi connectivity index (χ1n) is 9.11. The van der Waals surface area contributed by atoms with Gasteiger partial charge in [-0.1, -0.05) is 38.1 Å². The van der Waals surface area contributed by atoms with Crippen LogP contribution in [0, 0.1) is 11.7 Å². The number of aromatic nitrogens is 2. The molecule has 2 aromatic carbocycles. The van der Waals surface area contributed by atoms with Crippen molar-refractivity contribution >= 4 is 27.2 Å². The fraction of sp³-hybridized carbons (Fsp3) is 0.182. The zero-order chi connectivity index (χ0) is 19.7. The number of pyridine rings is 1. The van der Waals surface area contributed by atoms with Crippen molar-refractivity contribution in [3.63, 3.8) is 0 Å². The van der Waals surface area contributed by atoms with Gasteiger partial charge in [0.05, 0.1) is 6.04 Å². The van der Waals surface area contributed by atoms with Crippen LogP contribution >= 0.6 is 11.3 Å². The Morgan fingerprint density at radius 3 is 2.71 bits per heavy atom. The molecule has 4 nitrogen and oxygen atoms in total. The number of nitrogens with zero attached hydrogens (tertiary/aromatic N) is 1. The summed E-state index contributed by atoms with van der Waals surface area (Å²) in [6, 6.07) is 14.1. The first-order chi connectivity index (χ1) is 13.5. The number of aromatic amines is 1. The predicted octanol–water partition coefficient (Wildman–Crippen LogP) is 5.60. The highest BCUT2D eigenvalue weighted by molar-refractivity contribution is 7.13. The number of nitrogens with one attached hydrogen (secondary N) is 2. The minimum atomic E-state index is -0.272. The van der Waals surface area contributed by atoms with E-state index in [9.17, 15) is 9.18 Å². The van der Waals surface area contributed by atoms with Crippen LogP contribution in [-0.2, 0) is 0 Å². The minimum absolute atomic E-state index is 0.155. The standard InChI is InChI=1S/C22H20FN3OS/c1-13(2)20(26-22-24-10-11-28-22)16-8-9-19(25-21(16)27)15-7-6-14-4-3-5-18(23)17(14)12-15/h3-13,20H,1-2H3,(H,24,26)(H,25,27). The Morgan fingerprint density at radius 1 is 1.14 bits per heavy atom. The van der Waals surface area contributed by atoms with Gasteiger partial charge in [-0.3, -0.25) is 4.79 Å². The summed E-state index contributed by atoms with van der Waals surface area (Å²) >= 11 is 1.50. The lowest BCUT2D eigenvalue weighted by Crippen LogP contribution is -2.25. The summed E-state index contributed by atoms with van der Waals surface area (Å²) in [4.78, 5) is 20.0. The van der Waals surface area contributed by atoms with E-state index in [1.165, 1.54) is 17.4 Å². The molecule has 0 aliphatic carbocycles. The molecule has 4 aromatic rings. The number of anilines is 1. The third-order valence-electron chi connectivity index (χ3n) is 4.79. The van der Waals surface area contributed by atoms with Crippen LogP contribution in [0.25, 0.3) is 22.0 Å². The topological polar surface area (TPSA) is 57.8 Å². The van der Waals surface area contributed by atoms with Crippen molar-refractivity contribution in [2.24, 2.45) is 5.92 Å². The second-order valence-electron chi connectivity index (χ2n) is 7.04. The molecule has 0 saturated heterocycles. The maximum atomic E-state index is 14.1. The molecule has 2 aromatic heterocycles. The fourth-order valence-corrected chi connectivity index (χ4v) is 3.90. The van der Waals surface area contributed by atoms with Gasteiger partial charge in [0.15, 0.2) is 5.13 Å². The molecule has 28 heavy (non-hydrogen) atoms. The van der Waals surface area contributed by atoms with Gasteiger partial charge in [0.25, 0.3) is 5.56 Å². The van der Waals surface area contributed by atoms with Gasteiger partial charge in [-0.25, -0.2) is 9.37 Å². The van der Waals surface area contributed by atoms with E-state index < -0.39 is 0 Å². The van der Waals surface area contributed by atoms with Crippen LogP contribution in [0.3, 0.4) is 0 Å². The molecule has 0 aliphatic rings. The molecule has 0 radical (unpaired) electrons. The fourth-order valence-electron chi connectivity index (χ4n) is 3.33. The molecule has 0 amide bonds. The smallest absolute Gasteiger partial charge is 0.253 e. The Morgan fingerprint density at radius 2 is 2.00 bits per heavy atom. The zero-order valence-electron chi connectivity index (χ0n) is 15.6. The number of halogens is 1. The molecule has 6 heteroatoms. The number of benzene rings is 2. The second-order valence-corrected chi connectivity index (χ2v) is 7.93. The molecule has 2 heterocycles. The lowest BCUT2D eigenvalue weighted by atomic mass is 9.96. The monoisotopic (exact) mass is 393 g/mol. The highest BCUT2D eigenvalue weighted by Gasteiger charge is 2.20. The predicted molar refractivity (Wildman–Crippen MR) is 113 cm³/mol. The SMILES string of the molecule is CC(C)C(Nc1nccs1)c1ccc(-c2ccc3cccc(F)c3c2)[nH]c1=O. The highest BCUT2D eigenvalue weighted by Crippen LogP contribution is 2.28. The highest BCUT2D eigenvalue weighted by atomic mass is 32.1. The molecule has 142 valence electrons. The van der Waals surface area contributed by atoms with Crippen LogP contribution in [-0.4, -0.2) is 9.97 Å². The van der Waals surface area contributed by atoms with E-state index in [-0.39, 0.29) is 23.3 Å². The van der Waals surface area contributed by atoms with Crippen LogP contribution in [0.5, 0.6) is 0 Å². The zero-order valence-corrected chi connectivity index (χ0v) is 16.4. The molecule has 2 N–H and O–H groups in total. The third kappa shape index (κ3) is 3.55. The van der Waals surface area contributed by atoms with Gasteiger partial charge in [-0.15, -0.1) is 11.3 Å². The molecule has 1 unspecified atom stereocenters. The van der Waals surface area contributed by atoms with E-state index >= 15 is 0 Å². The normalized spacial score (nSPS) is 12.4. The number of fused-ring (bicyclic) bond motifs is 1.